The van der Waals surface area contributed by atoms with Gasteiger partial charge >= 0.3 is 0 Å². The SMILES string of the molecule is FCC1CN(c2ccc3ccc(Br)cc3n2)C1. The summed E-state index contributed by atoms with van der Waals surface area (Å²) in [5, 5.41) is 1.12. The first-order valence-corrected chi connectivity index (χ1v) is 6.43. The maximum absolute atomic E-state index is 12.4. The minimum Gasteiger partial charge on any atom is -0.356 e. The number of aromatic nitrogens is 1. The van der Waals surface area contributed by atoms with E-state index in [2.05, 4.69) is 31.9 Å². The zero-order valence-corrected chi connectivity index (χ0v) is 10.8. The van der Waals surface area contributed by atoms with E-state index >= 15 is 0 Å². The Morgan fingerprint density at radius 1 is 1.29 bits per heavy atom. The molecule has 1 aromatic carbocycles. The van der Waals surface area contributed by atoms with Crippen LogP contribution in [0.4, 0.5) is 10.2 Å². The first-order valence-electron chi connectivity index (χ1n) is 5.63. The van der Waals surface area contributed by atoms with Crippen LogP contribution in [0.3, 0.4) is 0 Å². The normalized spacial score (nSPS) is 16.2. The lowest BCUT2D eigenvalue weighted by Crippen LogP contribution is -2.48. The molecule has 0 saturated carbocycles. The van der Waals surface area contributed by atoms with Gasteiger partial charge in [-0.2, -0.15) is 0 Å². The molecule has 1 fully saturated rings. The first-order chi connectivity index (χ1) is 8.26. The molecular formula is C13H12BrFN2. The Bertz CT molecular complexity index is 552. The topological polar surface area (TPSA) is 16.1 Å². The van der Waals surface area contributed by atoms with E-state index in [-0.39, 0.29) is 12.6 Å². The number of hydrogen-bond donors (Lipinski definition) is 0. The number of fused-ring (bicyclic) bond motifs is 1. The molecule has 2 aromatic rings. The number of hydrogen-bond acceptors (Lipinski definition) is 2. The van der Waals surface area contributed by atoms with Crippen molar-refractivity contribution >= 4 is 32.7 Å². The summed E-state index contributed by atoms with van der Waals surface area (Å²) >= 11 is 3.44. The van der Waals surface area contributed by atoms with Crippen LogP contribution in [0, 0.1) is 5.92 Å². The summed E-state index contributed by atoms with van der Waals surface area (Å²) in [5.41, 5.74) is 0.973. The number of benzene rings is 1. The molecule has 1 saturated heterocycles. The average Bonchev–Trinajstić information content (AvgIpc) is 2.27. The second-order valence-electron chi connectivity index (χ2n) is 4.43. The minimum atomic E-state index is -0.227. The summed E-state index contributed by atoms with van der Waals surface area (Å²) in [6, 6.07) is 10.1. The Labute approximate surface area is 108 Å². The first kappa shape index (κ1) is 11.0. The maximum Gasteiger partial charge on any atom is 0.129 e. The molecule has 2 heterocycles. The number of halogens is 2. The molecular weight excluding hydrogens is 283 g/mol. The zero-order valence-electron chi connectivity index (χ0n) is 9.24. The molecule has 0 atom stereocenters. The molecule has 0 spiro atoms. The minimum absolute atomic E-state index is 0.190. The standard InChI is InChI=1S/C13H12BrFN2/c14-11-3-1-10-2-4-13(16-12(10)5-11)17-7-9(6-15)8-17/h1-5,9H,6-8H2. The molecule has 0 radical (unpaired) electrons. The highest BCUT2D eigenvalue weighted by atomic mass is 79.9. The summed E-state index contributed by atoms with van der Waals surface area (Å²) in [5.74, 6) is 1.13. The van der Waals surface area contributed by atoms with Gasteiger partial charge in [-0.3, -0.25) is 4.39 Å². The van der Waals surface area contributed by atoms with Crippen LogP contribution < -0.4 is 4.90 Å². The highest BCUT2D eigenvalue weighted by molar-refractivity contribution is 9.10. The van der Waals surface area contributed by atoms with Crippen molar-refractivity contribution in [1.82, 2.24) is 4.98 Å². The zero-order chi connectivity index (χ0) is 11.8. The highest BCUT2D eigenvalue weighted by Crippen LogP contribution is 2.26. The fourth-order valence-corrected chi connectivity index (χ4v) is 2.46. The van der Waals surface area contributed by atoms with Gasteiger partial charge in [0.05, 0.1) is 12.2 Å². The van der Waals surface area contributed by atoms with Gasteiger partial charge in [-0.1, -0.05) is 22.0 Å². The molecule has 0 amide bonds. The third-order valence-corrected chi connectivity index (χ3v) is 3.63. The van der Waals surface area contributed by atoms with E-state index in [4.69, 9.17) is 0 Å². The highest BCUT2D eigenvalue weighted by Gasteiger charge is 2.27. The quantitative estimate of drug-likeness (QED) is 0.844. The van der Waals surface area contributed by atoms with E-state index in [1.165, 1.54) is 0 Å². The summed E-state index contributed by atoms with van der Waals surface area (Å²) in [6.07, 6.45) is 0. The van der Waals surface area contributed by atoms with Crippen LogP contribution in [0.25, 0.3) is 10.9 Å². The van der Waals surface area contributed by atoms with Crippen LogP contribution in [-0.2, 0) is 0 Å². The number of rotatable bonds is 2. The number of anilines is 1. The third-order valence-electron chi connectivity index (χ3n) is 3.14. The fourth-order valence-electron chi connectivity index (χ4n) is 2.11. The van der Waals surface area contributed by atoms with Gasteiger partial charge in [0.25, 0.3) is 0 Å². The van der Waals surface area contributed by atoms with Gasteiger partial charge in [-0.15, -0.1) is 0 Å². The third kappa shape index (κ3) is 2.02. The second kappa shape index (κ2) is 4.26. The van der Waals surface area contributed by atoms with Gasteiger partial charge in [0.15, 0.2) is 0 Å². The predicted molar refractivity (Wildman–Crippen MR) is 71.1 cm³/mol. The van der Waals surface area contributed by atoms with Crippen molar-refractivity contribution in [1.29, 1.82) is 0 Å². The lowest BCUT2D eigenvalue weighted by atomic mass is 10.0. The van der Waals surface area contributed by atoms with E-state index in [0.29, 0.717) is 0 Å². The van der Waals surface area contributed by atoms with Crippen molar-refractivity contribution in [3.05, 3.63) is 34.8 Å². The molecule has 0 bridgehead atoms. The molecule has 88 valence electrons. The van der Waals surface area contributed by atoms with Crippen LogP contribution >= 0.6 is 15.9 Å². The smallest absolute Gasteiger partial charge is 0.129 e. The van der Waals surface area contributed by atoms with Crippen LogP contribution in [0.5, 0.6) is 0 Å². The van der Waals surface area contributed by atoms with Crippen LogP contribution in [-0.4, -0.2) is 24.7 Å². The van der Waals surface area contributed by atoms with Gasteiger partial charge in [0.2, 0.25) is 0 Å². The predicted octanol–water partition coefficient (Wildman–Crippen LogP) is 3.40. The molecule has 1 aromatic heterocycles. The van der Waals surface area contributed by atoms with Gasteiger partial charge in [0, 0.05) is 28.9 Å². The second-order valence-corrected chi connectivity index (χ2v) is 5.35. The summed E-state index contributed by atoms with van der Waals surface area (Å²) < 4.78 is 13.4. The Balaban J connectivity index is 1.91. The molecule has 0 N–H and O–H groups in total. The van der Waals surface area contributed by atoms with E-state index < -0.39 is 0 Å². The summed E-state index contributed by atoms with van der Waals surface area (Å²) in [6.45, 7) is 1.33. The van der Waals surface area contributed by atoms with Gasteiger partial charge in [0.1, 0.15) is 5.82 Å². The van der Waals surface area contributed by atoms with E-state index in [0.717, 1.165) is 34.3 Å². The van der Waals surface area contributed by atoms with Crippen molar-refractivity contribution in [2.24, 2.45) is 5.92 Å². The molecule has 1 aliphatic rings. The molecule has 0 unspecified atom stereocenters. The van der Waals surface area contributed by atoms with Gasteiger partial charge < -0.3 is 4.90 Å². The van der Waals surface area contributed by atoms with Crippen LogP contribution in [0.1, 0.15) is 0 Å². The monoisotopic (exact) mass is 294 g/mol. The largest absolute Gasteiger partial charge is 0.356 e. The molecule has 0 aliphatic carbocycles. The van der Waals surface area contributed by atoms with E-state index in [9.17, 15) is 4.39 Å². The Morgan fingerprint density at radius 2 is 2.06 bits per heavy atom. The number of nitrogens with zero attached hydrogens (tertiary/aromatic N) is 2. The van der Waals surface area contributed by atoms with Crippen molar-refractivity contribution in [2.45, 2.75) is 0 Å². The average molecular weight is 295 g/mol. The van der Waals surface area contributed by atoms with E-state index in [1.54, 1.807) is 0 Å². The van der Waals surface area contributed by atoms with E-state index in [1.807, 2.05) is 24.3 Å². The summed E-state index contributed by atoms with van der Waals surface area (Å²) in [7, 11) is 0. The van der Waals surface area contributed by atoms with Crippen molar-refractivity contribution in [3.8, 4) is 0 Å². The van der Waals surface area contributed by atoms with Crippen molar-refractivity contribution in [2.75, 3.05) is 24.7 Å². The van der Waals surface area contributed by atoms with Crippen LogP contribution in [0.2, 0.25) is 0 Å². The maximum atomic E-state index is 12.4. The number of pyridine rings is 1. The Hall–Kier alpha value is -1.16. The molecule has 2 nitrogen and oxygen atoms in total. The van der Waals surface area contributed by atoms with Gasteiger partial charge in [-0.25, -0.2) is 4.98 Å². The van der Waals surface area contributed by atoms with Crippen LogP contribution in [0.15, 0.2) is 34.8 Å². The lowest BCUT2D eigenvalue weighted by molar-refractivity contribution is 0.305. The summed E-state index contributed by atoms with van der Waals surface area (Å²) in [4.78, 5) is 6.72. The van der Waals surface area contributed by atoms with Crippen molar-refractivity contribution in [3.63, 3.8) is 0 Å². The molecule has 1 aliphatic heterocycles. The van der Waals surface area contributed by atoms with Crippen molar-refractivity contribution < 1.29 is 4.39 Å². The fraction of sp³-hybridized carbons (Fsp3) is 0.308. The lowest BCUT2D eigenvalue weighted by Gasteiger charge is -2.38. The Kier molecular flexibility index (Phi) is 2.74. The van der Waals surface area contributed by atoms with Gasteiger partial charge in [-0.05, 0) is 24.3 Å². The molecule has 17 heavy (non-hydrogen) atoms. The number of alkyl halides is 1. The molecule has 3 rings (SSSR count). The Morgan fingerprint density at radius 3 is 2.82 bits per heavy atom. The molecule has 4 heteroatoms.